The van der Waals surface area contributed by atoms with E-state index in [-0.39, 0.29) is 23.9 Å². The summed E-state index contributed by atoms with van der Waals surface area (Å²) in [5.74, 6) is 0.0192. The van der Waals surface area contributed by atoms with E-state index in [0.29, 0.717) is 0 Å². The number of amides is 1. The third-order valence-corrected chi connectivity index (χ3v) is 3.43. The molecule has 0 saturated heterocycles. The first-order valence-electron chi connectivity index (χ1n) is 5.75. The quantitative estimate of drug-likeness (QED) is 0.831. The van der Waals surface area contributed by atoms with Gasteiger partial charge in [-0.25, -0.2) is 4.39 Å². The van der Waals surface area contributed by atoms with E-state index in [4.69, 9.17) is 0 Å². The van der Waals surface area contributed by atoms with Crippen LogP contribution in [0.2, 0.25) is 0 Å². The lowest BCUT2D eigenvalue weighted by molar-refractivity contribution is -0.124. The first-order valence-corrected chi connectivity index (χ1v) is 7.14. The molecule has 0 aliphatic heterocycles. The molecule has 3 nitrogen and oxygen atoms in total. The zero-order chi connectivity index (χ0) is 13.5. The first-order chi connectivity index (χ1) is 8.56. The first kappa shape index (κ1) is 15.0. The molecule has 2 atom stereocenters. The number of benzene rings is 1. The second-order valence-corrected chi connectivity index (χ2v) is 5.05. The molecule has 1 aromatic carbocycles. The van der Waals surface area contributed by atoms with Gasteiger partial charge in [0.25, 0.3) is 0 Å². The van der Waals surface area contributed by atoms with E-state index < -0.39 is 11.9 Å². The van der Waals surface area contributed by atoms with Crippen molar-refractivity contribution in [1.82, 2.24) is 5.32 Å². The van der Waals surface area contributed by atoms with Crippen molar-refractivity contribution in [3.8, 4) is 0 Å². The summed E-state index contributed by atoms with van der Waals surface area (Å²) in [6.07, 6.45) is 0.912. The second-order valence-electron chi connectivity index (χ2n) is 4.14. The van der Waals surface area contributed by atoms with Gasteiger partial charge in [-0.2, -0.15) is 11.8 Å². The lowest BCUT2D eigenvalue weighted by atomic mass is 10.1. The summed E-state index contributed by atoms with van der Waals surface area (Å²) in [6, 6.07) is 6.01. The number of thioether (sulfide) groups is 1. The lowest BCUT2D eigenvalue weighted by Crippen LogP contribution is -2.33. The van der Waals surface area contributed by atoms with Crippen LogP contribution in [0.3, 0.4) is 0 Å². The van der Waals surface area contributed by atoms with E-state index in [9.17, 15) is 14.3 Å². The van der Waals surface area contributed by atoms with Gasteiger partial charge in [0.15, 0.2) is 0 Å². The molecule has 2 N–H and O–H groups in total. The molecular weight excluding hydrogens is 253 g/mol. The van der Waals surface area contributed by atoms with Crippen molar-refractivity contribution in [2.24, 2.45) is 5.92 Å². The van der Waals surface area contributed by atoms with Gasteiger partial charge in [0.2, 0.25) is 5.91 Å². The fourth-order valence-electron chi connectivity index (χ4n) is 1.55. The number of nitrogens with one attached hydrogen (secondary N) is 1. The molecule has 1 amide bonds. The molecule has 0 saturated carbocycles. The van der Waals surface area contributed by atoms with Gasteiger partial charge in [0, 0.05) is 23.8 Å². The van der Waals surface area contributed by atoms with Gasteiger partial charge in [0.1, 0.15) is 5.82 Å². The highest BCUT2D eigenvalue weighted by atomic mass is 32.2. The number of carbonyl (C=O) groups is 1. The van der Waals surface area contributed by atoms with E-state index in [1.165, 1.54) is 12.1 Å². The van der Waals surface area contributed by atoms with Crippen molar-refractivity contribution >= 4 is 17.7 Å². The molecule has 1 rings (SSSR count). The summed E-state index contributed by atoms with van der Waals surface area (Å²) in [5.41, 5.74) is 0.204. The average molecular weight is 271 g/mol. The zero-order valence-electron chi connectivity index (χ0n) is 10.5. The second kappa shape index (κ2) is 7.38. The summed E-state index contributed by atoms with van der Waals surface area (Å²) < 4.78 is 13.4. The molecular formula is C13H18FNO2S. The Hall–Kier alpha value is -1.07. The number of halogens is 1. The largest absolute Gasteiger partial charge is 0.386 e. The summed E-state index contributed by atoms with van der Waals surface area (Å²) in [7, 11) is 0. The molecule has 0 aromatic heterocycles. The van der Waals surface area contributed by atoms with Crippen LogP contribution in [0.5, 0.6) is 0 Å². The van der Waals surface area contributed by atoms with Gasteiger partial charge in [0.05, 0.1) is 6.10 Å². The predicted octanol–water partition coefficient (Wildman–Crippen LogP) is 1.97. The van der Waals surface area contributed by atoms with Crippen molar-refractivity contribution in [3.05, 3.63) is 35.6 Å². The summed E-state index contributed by atoms with van der Waals surface area (Å²) in [6.45, 7) is 1.85. The molecule has 0 unspecified atom stereocenters. The van der Waals surface area contributed by atoms with Crippen molar-refractivity contribution in [2.75, 3.05) is 18.6 Å². The summed E-state index contributed by atoms with van der Waals surface area (Å²) in [5, 5.41) is 12.4. The number of carbonyl (C=O) groups excluding carboxylic acids is 1. The van der Waals surface area contributed by atoms with E-state index >= 15 is 0 Å². The van der Waals surface area contributed by atoms with Crippen LogP contribution in [-0.2, 0) is 4.79 Å². The van der Waals surface area contributed by atoms with Gasteiger partial charge >= 0.3 is 0 Å². The molecule has 0 fully saturated rings. The van der Waals surface area contributed by atoms with Gasteiger partial charge in [-0.1, -0.05) is 25.1 Å². The highest BCUT2D eigenvalue weighted by Gasteiger charge is 2.16. The van der Waals surface area contributed by atoms with Crippen LogP contribution in [-0.4, -0.2) is 29.6 Å². The number of hydrogen-bond acceptors (Lipinski definition) is 3. The van der Waals surface area contributed by atoms with Crippen LogP contribution in [0, 0.1) is 11.7 Å². The Labute approximate surface area is 111 Å². The molecule has 100 valence electrons. The molecule has 0 radical (unpaired) electrons. The number of hydrogen-bond donors (Lipinski definition) is 2. The zero-order valence-corrected chi connectivity index (χ0v) is 11.3. The van der Waals surface area contributed by atoms with Crippen LogP contribution >= 0.6 is 11.8 Å². The fourth-order valence-corrected chi connectivity index (χ4v) is 2.20. The van der Waals surface area contributed by atoms with Crippen molar-refractivity contribution in [1.29, 1.82) is 0 Å². The minimum absolute atomic E-state index is 0.0263. The van der Waals surface area contributed by atoms with E-state index in [1.807, 2.05) is 13.2 Å². The minimum atomic E-state index is -1.02. The van der Waals surface area contributed by atoms with E-state index in [1.54, 1.807) is 23.9 Å². The Morgan fingerprint density at radius 3 is 2.78 bits per heavy atom. The SMILES string of the molecule is CSC[C@H](C)C(=O)NC[C@@H](O)c1ccccc1F. The van der Waals surface area contributed by atoms with Crippen LogP contribution in [0.4, 0.5) is 4.39 Å². The van der Waals surface area contributed by atoms with Crippen molar-refractivity contribution in [3.63, 3.8) is 0 Å². The predicted molar refractivity (Wildman–Crippen MR) is 71.9 cm³/mol. The standard InChI is InChI=1S/C13H18FNO2S/c1-9(8-18-2)13(17)15-7-12(16)10-5-3-4-6-11(10)14/h3-6,9,12,16H,7-8H2,1-2H3,(H,15,17)/t9-,12+/m0/s1. The smallest absolute Gasteiger partial charge is 0.223 e. The average Bonchev–Trinajstić information content (AvgIpc) is 2.36. The summed E-state index contributed by atoms with van der Waals surface area (Å²) >= 11 is 1.59. The Kier molecular flexibility index (Phi) is 6.15. The molecule has 0 heterocycles. The van der Waals surface area contributed by atoms with Crippen LogP contribution in [0.15, 0.2) is 24.3 Å². The van der Waals surface area contributed by atoms with E-state index in [2.05, 4.69) is 5.32 Å². The Morgan fingerprint density at radius 1 is 1.50 bits per heavy atom. The lowest BCUT2D eigenvalue weighted by Gasteiger charge is -2.15. The summed E-state index contributed by atoms with van der Waals surface area (Å²) in [4.78, 5) is 11.6. The number of rotatable bonds is 6. The highest BCUT2D eigenvalue weighted by Crippen LogP contribution is 2.15. The minimum Gasteiger partial charge on any atom is -0.386 e. The van der Waals surface area contributed by atoms with Gasteiger partial charge in [-0.3, -0.25) is 4.79 Å². The number of aliphatic hydroxyl groups excluding tert-OH is 1. The van der Waals surface area contributed by atoms with Crippen LogP contribution in [0.25, 0.3) is 0 Å². The van der Waals surface area contributed by atoms with Gasteiger partial charge in [-0.15, -0.1) is 0 Å². The molecule has 0 bridgehead atoms. The molecule has 0 spiro atoms. The molecule has 1 aromatic rings. The Bertz CT molecular complexity index is 400. The highest BCUT2D eigenvalue weighted by molar-refractivity contribution is 7.98. The Balaban J connectivity index is 2.49. The van der Waals surface area contributed by atoms with Gasteiger partial charge in [-0.05, 0) is 12.3 Å². The van der Waals surface area contributed by atoms with Gasteiger partial charge < -0.3 is 10.4 Å². The Morgan fingerprint density at radius 2 is 2.17 bits per heavy atom. The topological polar surface area (TPSA) is 49.3 Å². The normalized spacial score (nSPS) is 14.0. The maximum absolute atomic E-state index is 13.4. The molecule has 0 aliphatic carbocycles. The van der Waals surface area contributed by atoms with Crippen molar-refractivity contribution in [2.45, 2.75) is 13.0 Å². The van der Waals surface area contributed by atoms with Crippen molar-refractivity contribution < 1.29 is 14.3 Å². The fraction of sp³-hybridized carbons (Fsp3) is 0.462. The third kappa shape index (κ3) is 4.31. The van der Waals surface area contributed by atoms with Crippen LogP contribution in [0.1, 0.15) is 18.6 Å². The molecule has 0 aliphatic rings. The molecule has 5 heteroatoms. The van der Waals surface area contributed by atoms with Crippen LogP contribution < -0.4 is 5.32 Å². The monoisotopic (exact) mass is 271 g/mol. The maximum Gasteiger partial charge on any atom is 0.223 e. The maximum atomic E-state index is 13.4. The van der Waals surface area contributed by atoms with E-state index in [0.717, 1.165) is 5.75 Å². The number of aliphatic hydroxyl groups is 1. The molecule has 18 heavy (non-hydrogen) atoms. The third-order valence-electron chi connectivity index (χ3n) is 2.60.